The van der Waals surface area contributed by atoms with Crippen LogP contribution in [0.5, 0.6) is 0 Å². The standard InChI is InChI=1S/C26H20BrN5O5/c27-21-16-3-1-2-4-18(16)29-22(21)23(33)30-20(25(35)36)11-13-5-8-15(9-6-13)32-24(34)17-12-14(28)7-10-19(17)31-26(32)37/h1-10,12,20-21H,11,28H2,(H,30,33)(H,31,37)(H,35,36)/t20-,21?/m0/s1. The number of carbonyl (C=O) groups excluding carboxylic acids is 1. The van der Waals surface area contributed by atoms with Crippen molar-refractivity contribution >= 4 is 55.8 Å². The largest absolute Gasteiger partial charge is 0.480 e. The molecule has 37 heavy (non-hydrogen) atoms. The molecular weight excluding hydrogens is 542 g/mol. The third kappa shape index (κ3) is 4.56. The van der Waals surface area contributed by atoms with Crippen molar-refractivity contribution in [2.75, 3.05) is 5.73 Å². The molecule has 1 aliphatic rings. The van der Waals surface area contributed by atoms with Gasteiger partial charge in [-0.3, -0.25) is 9.59 Å². The zero-order chi connectivity index (χ0) is 26.3. The summed E-state index contributed by atoms with van der Waals surface area (Å²) in [6.07, 6.45) is -0.0198. The summed E-state index contributed by atoms with van der Waals surface area (Å²) in [7, 11) is 0. The maximum absolute atomic E-state index is 13.0. The maximum atomic E-state index is 13.0. The van der Waals surface area contributed by atoms with Crippen molar-refractivity contribution in [3.05, 3.63) is 98.7 Å². The van der Waals surface area contributed by atoms with E-state index in [1.807, 2.05) is 18.2 Å². The summed E-state index contributed by atoms with van der Waals surface area (Å²) < 4.78 is 0.980. The third-order valence-corrected chi connectivity index (χ3v) is 7.01. The maximum Gasteiger partial charge on any atom is 0.333 e. The van der Waals surface area contributed by atoms with E-state index in [0.717, 1.165) is 10.1 Å². The van der Waals surface area contributed by atoms with E-state index in [1.165, 1.54) is 18.2 Å². The second-order valence-electron chi connectivity index (χ2n) is 8.53. The number of nitrogens with two attached hydrogens (primary N) is 1. The van der Waals surface area contributed by atoms with E-state index in [-0.39, 0.29) is 17.5 Å². The summed E-state index contributed by atoms with van der Waals surface area (Å²) in [5.41, 5.74) is 7.94. The molecule has 3 aromatic carbocycles. The molecule has 2 heterocycles. The van der Waals surface area contributed by atoms with Gasteiger partial charge in [-0.05, 0) is 47.5 Å². The topological polar surface area (TPSA) is 160 Å². The number of carbonyl (C=O) groups is 2. The number of aromatic nitrogens is 2. The van der Waals surface area contributed by atoms with Gasteiger partial charge in [-0.25, -0.2) is 19.1 Å². The highest BCUT2D eigenvalue weighted by Crippen LogP contribution is 2.39. The zero-order valence-electron chi connectivity index (χ0n) is 19.1. The van der Waals surface area contributed by atoms with Crippen molar-refractivity contribution in [1.82, 2.24) is 14.9 Å². The van der Waals surface area contributed by atoms with Crippen LogP contribution < -0.4 is 22.3 Å². The van der Waals surface area contributed by atoms with Crippen LogP contribution in [0.1, 0.15) is 16.0 Å². The number of nitrogen functional groups attached to an aromatic ring is 1. The van der Waals surface area contributed by atoms with Crippen LogP contribution in [0.2, 0.25) is 0 Å². The van der Waals surface area contributed by atoms with Gasteiger partial charge in [0.2, 0.25) is 0 Å². The van der Waals surface area contributed by atoms with E-state index in [2.05, 4.69) is 31.2 Å². The molecule has 1 unspecified atom stereocenters. The molecule has 5 rings (SSSR count). The van der Waals surface area contributed by atoms with Gasteiger partial charge in [0.25, 0.3) is 11.5 Å². The van der Waals surface area contributed by atoms with E-state index < -0.39 is 34.0 Å². The number of nitrogens with zero attached hydrogens (tertiary/aromatic N) is 2. The lowest BCUT2D eigenvalue weighted by atomic mass is 10.0. The first-order valence-corrected chi connectivity index (χ1v) is 12.1. The number of carboxylic acids is 1. The van der Waals surface area contributed by atoms with Gasteiger partial charge in [0.1, 0.15) is 11.8 Å². The van der Waals surface area contributed by atoms with Crippen LogP contribution in [-0.2, 0) is 16.0 Å². The van der Waals surface area contributed by atoms with Crippen LogP contribution in [0.15, 0.2) is 81.3 Å². The summed E-state index contributed by atoms with van der Waals surface area (Å²) in [5, 5.41) is 12.5. The van der Waals surface area contributed by atoms with E-state index in [4.69, 9.17) is 5.73 Å². The molecule has 0 fully saturated rings. The van der Waals surface area contributed by atoms with Gasteiger partial charge < -0.3 is 21.1 Å². The van der Waals surface area contributed by atoms with Crippen LogP contribution >= 0.6 is 15.9 Å². The molecule has 0 radical (unpaired) electrons. The first-order chi connectivity index (χ1) is 17.7. The highest BCUT2D eigenvalue weighted by Gasteiger charge is 2.32. The molecule has 0 saturated heterocycles. The van der Waals surface area contributed by atoms with Crippen molar-refractivity contribution in [2.24, 2.45) is 4.99 Å². The van der Waals surface area contributed by atoms with E-state index in [9.17, 15) is 24.3 Å². The van der Waals surface area contributed by atoms with Gasteiger partial charge in [0.05, 0.1) is 27.1 Å². The highest BCUT2D eigenvalue weighted by molar-refractivity contribution is 9.09. The molecule has 186 valence electrons. The third-order valence-electron chi connectivity index (χ3n) is 6.08. The van der Waals surface area contributed by atoms with Gasteiger partial charge in [0.15, 0.2) is 0 Å². The Hall–Kier alpha value is -4.51. The van der Waals surface area contributed by atoms with Gasteiger partial charge in [-0.2, -0.15) is 0 Å². The number of rotatable bonds is 6. The first kappa shape index (κ1) is 24.2. The molecule has 1 aliphatic heterocycles. The summed E-state index contributed by atoms with van der Waals surface area (Å²) in [4.78, 5) is 56.9. The van der Waals surface area contributed by atoms with Crippen LogP contribution in [0.3, 0.4) is 0 Å². The number of aromatic amines is 1. The first-order valence-electron chi connectivity index (χ1n) is 11.2. The number of carboxylic acid groups (broad SMARTS) is 1. The SMILES string of the molecule is Nc1ccc2[nH]c(=O)n(-c3ccc(C[C@H](NC(=O)C4=Nc5ccccc5C4Br)C(=O)O)cc3)c(=O)c2c1. The zero-order valence-corrected chi connectivity index (χ0v) is 20.7. The van der Waals surface area contributed by atoms with Crippen molar-refractivity contribution in [3.8, 4) is 5.69 Å². The number of fused-ring (bicyclic) bond motifs is 2. The minimum absolute atomic E-state index is 0.0198. The summed E-state index contributed by atoms with van der Waals surface area (Å²) >= 11 is 3.46. The number of anilines is 1. The van der Waals surface area contributed by atoms with Crippen LogP contribution in [0.25, 0.3) is 16.6 Å². The monoisotopic (exact) mass is 561 g/mol. The number of alkyl halides is 1. The molecule has 2 atom stereocenters. The normalized spacial score (nSPS) is 15.2. The van der Waals surface area contributed by atoms with Gasteiger partial charge in [-0.15, -0.1) is 0 Å². The summed E-state index contributed by atoms with van der Waals surface area (Å²) in [5.74, 6) is -1.80. The Bertz CT molecular complexity index is 1710. The lowest BCUT2D eigenvalue weighted by molar-refractivity contribution is -0.141. The van der Waals surface area contributed by atoms with Crippen molar-refractivity contribution < 1.29 is 14.7 Å². The Morgan fingerprint density at radius 3 is 2.54 bits per heavy atom. The summed E-state index contributed by atoms with van der Waals surface area (Å²) in [6.45, 7) is 0. The van der Waals surface area contributed by atoms with Crippen molar-refractivity contribution in [2.45, 2.75) is 17.3 Å². The molecule has 1 amide bonds. The molecule has 0 bridgehead atoms. The molecule has 0 spiro atoms. The number of hydrogen-bond donors (Lipinski definition) is 4. The molecule has 1 aromatic heterocycles. The smallest absolute Gasteiger partial charge is 0.333 e. The number of H-pyrrole nitrogens is 1. The number of hydrogen-bond acceptors (Lipinski definition) is 6. The minimum atomic E-state index is -1.22. The molecule has 4 aromatic rings. The van der Waals surface area contributed by atoms with Crippen molar-refractivity contribution in [1.29, 1.82) is 0 Å². The number of aliphatic imine (C=N–C) groups is 1. The number of nitrogens with one attached hydrogen (secondary N) is 2. The van der Waals surface area contributed by atoms with Gasteiger partial charge in [-0.1, -0.05) is 46.3 Å². The lowest BCUT2D eigenvalue weighted by Crippen LogP contribution is -2.45. The fourth-order valence-corrected chi connectivity index (χ4v) is 4.92. The predicted molar refractivity (Wildman–Crippen MR) is 143 cm³/mol. The lowest BCUT2D eigenvalue weighted by Gasteiger charge is -2.16. The number of halogens is 1. The second kappa shape index (κ2) is 9.51. The number of aliphatic carboxylic acids is 1. The van der Waals surface area contributed by atoms with E-state index in [0.29, 0.717) is 28.1 Å². The second-order valence-corrected chi connectivity index (χ2v) is 9.44. The number of amides is 1. The molecule has 0 saturated carbocycles. The Labute approximate surface area is 217 Å². The molecule has 10 nitrogen and oxygen atoms in total. The quantitative estimate of drug-likeness (QED) is 0.209. The molecular formula is C26H20BrN5O5. The average molecular weight is 562 g/mol. The predicted octanol–water partition coefficient (Wildman–Crippen LogP) is 2.60. The molecule has 5 N–H and O–H groups in total. The Balaban J connectivity index is 1.36. The van der Waals surface area contributed by atoms with Crippen LogP contribution in [-0.4, -0.2) is 38.3 Å². The average Bonchev–Trinajstić information content (AvgIpc) is 3.22. The van der Waals surface area contributed by atoms with E-state index >= 15 is 0 Å². The number of para-hydroxylation sites is 1. The summed E-state index contributed by atoms with van der Waals surface area (Å²) in [6, 6.07) is 17.0. The molecule has 0 aliphatic carbocycles. The van der Waals surface area contributed by atoms with Crippen molar-refractivity contribution in [3.63, 3.8) is 0 Å². The number of benzene rings is 3. The van der Waals surface area contributed by atoms with Gasteiger partial charge in [0, 0.05) is 12.1 Å². The van der Waals surface area contributed by atoms with Crippen LogP contribution in [0, 0.1) is 0 Å². The fraction of sp³-hybridized carbons (Fsp3) is 0.115. The minimum Gasteiger partial charge on any atom is -0.480 e. The Morgan fingerprint density at radius 1 is 1.11 bits per heavy atom. The Kier molecular flexibility index (Phi) is 6.22. The van der Waals surface area contributed by atoms with Crippen LogP contribution in [0.4, 0.5) is 11.4 Å². The highest BCUT2D eigenvalue weighted by atomic mass is 79.9. The van der Waals surface area contributed by atoms with Gasteiger partial charge >= 0.3 is 11.7 Å². The Morgan fingerprint density at radius 2 is 1.84 bits per heavy atom. The fourth-order valence-electron chi connectivity index (χ4n) is 4.22. The molecule has 11 heteroatoms. The van der Waals surface area contributed by atoms with E-state index in [1.54, 1.807) is 30.3 Å².